The SMILES string of the molecule is COc1cccc(OCc2ccc#cc2NC(=O)/C=C/c2ccc(OC)c(SC(C)=O)c2)c1. The summed E-state index contributed by atoms with van der Waals surface area (Å²) in [6, 6.07) is 21.9. The van der Waals surface area contributed by atoms with Gasteiger partial charge in [-0.3, -0.25) is 9.59 Å². The summed E-state index contributed by atoms with van der Waals surface area (Å²) in [5, 5.41) is 2.76. The Hall–Kier alpha value is -3.89. The number of rotatable bonds is 9. The fourth-order valence-electron chi connectivity index (χ4n) is 2.87. The first kappa shape index (κ1) is 23.8. The van der Waals surface area contributed by atoms with Crippen LogP contribution < -0.4 is 19.5 Å². The number of nitrogens with one attached hydrogen (secondary N) is 1. The van der Waals surface area contributed by atoms with Crippen LogP contribution in [0.1, 0.15) is 18.1 Å². The van der Waals surface area contributed by atoms with Gasteiger partial charge in [0, 0.05) is 24.6 Å². The van der Waals surface area contributed by atoms with Crippen molar-refractivity contribution < 1.29 is 23.8 Å². The number of benzene rings is 2. The summed E-state index contributed by atoms with van der Waals surface area (Å²) < 4.78 is 16.3. The number of anilines is 1. The maximum atomic E-state index is 12.5. The molecule has 0 radical (unpaired) electrons. The molecular weight excluding hydrogens is 438 g/mol. The summed E-state index contributed by atoms with van der Waals surface area (Å²) in [7, 11) is 3.14. The molecule has 7 heteroatoms. The molecule has 168 valence electrons. The Morgan fingerprint density at radius 3 is 2.64 bits per heavy atom. The Morgan fingerprint density at radius 1 is 1.06 bits per heavy atom. The summed E-state index contributed by atoms with van der Waals surface area (Å²) in [6.07, 6.45) is 3.08. The van der Waals surface area contributed by atoms with E-state index in [-0.39, 0.29) is 17.6 Å². The van der Waals surface area contributed by atoms with Gasteiger partial charge in [0.1, 0.15) is 23.9 Å². The Balaban J connectivity index is 1.67. The minimum Gasteiger partial charge on any atom is -0.497 e. The van der Waals surface area contributed by atoms with Crippen LogP contribution in [0.25, 0.3) is 6.08 Å². The predicted molar refractivity (Wildman–Crippen MR) is 129 cm³/mol. The Bertz CT molecular complexity index is 1160. The summed E-state index contributed by atoms with van der Waals surface area (Å²) >= 11 is 1.08. The lowest BCUT2D eigenvalue weighted by atomic mass is 10.2. The zero-order valence-corrected chi connectivity index (χ0v) is 19.3. The number of thioether (sulfide) groups is 1. The molecule has 0 unspecified atom stereocenters. The zero-order chi connectivity index (χ0) is 23.6. The van der Waals surface area contributed by atoms with Gasteiger partial charge in [-0.1, -0.05) is 18.2 Å². The minimum absolute atomic E-state index is 0.0493. The highest BCUT2D eigenvalue weighted by atomic mass is 32.2. The summed E-state index contributed by atoms with van der Waals surface area (Å²) in [5.41, 5.74) is 2.00. The fourth-order valence-corrected chi connectivity index (χ4v) is 3.63. The fraction of sp³-hybridized carbons (Fsp3) is 0.154. The van der Waals surface area contributed by atoms with Crippen molar-refractivity contribution in [2.45, 2.75) is 18.4 Å². The molecule has 0 atom stereocenters. The number of ether oxygens (including phenoxy) is 3. The average Bonchev–Trinajstić information content (AvgIpc) is 2.82. The first-order valence-corrected chi connectivity index (χ1v) is 10.8. The zero-order valence-electron chi connectivity index (χ0n) is 18.5. The van der Waals surface area contributed by atoms with E-state index in [1.165, 1.54) is 13.0 Å². The molecule has 0 saturated carbocycles. The van der Waals surface area contributed by atoms with Crippen LogP contribution in [0, 0.1) is 12.1 Å². The number of methoxy groups -OCH3 is 2. The van der Waals surface area contributed by atoms with Crippen molar-refractivity contribution in [2.75, 3.05) is 19.5 Å². The highest BCUT2D eigenvalue weighted by Gasteiger charge is 2.09. The van der Waals surface area contributed by atoms with Gasteiger partial charge in [-0.2, -0.15) is 0 Å². The summed E-state index contributed by atoms with van der Waals surface area (Å²) in [4.78, 5) is 24.7. The average molecular weight is 462 g/mol. The topological polar surface area (TPSA) is 73.9 Å². The smallest absolute Gasteiger partial charge is 0.248 e. The van der Waals surface area contributed by atoms with Gasteiger partial charge in [-0.15, -0.1) is 0 Å². The number of amides is 1. The molecular formula is C26H23NO5S. The first-order valence-electron chi connectivity index (χ1n) is 10.0. The van der Waals surface area contributed by atoms with Crippen LogP contribution in [0.4, 0.5) is 5.69 Å². The molecule has 3 rings (SSSR count). The van der Waals surface area contributed by atoms with E-state index in [1.807, 2.05) is 30.3 Å². The van der Waals surface area contributed by atoms with Gasteiger partial charge >= 0.3 is 0 Å². The molecule has 0 aliphatic rings. The van der Waals surface area contributed by atoms with Crippen LogP contribution in [0.2, 0.25) is 0 Å². The van der Waals surface area contributed by atoms with E-state index in [0.29, 0.717) is 27.8 Å². The van der Waals surface area contributed by atoms with Crippen LogP contribution in [0.15, 0.2) is 65.6 Å². The maximum Gasteiger partial charge on any atom is 0.248 e. The van der Waals surface area contributed by atoms with E-state index in [1.54, 1.807) is 44.6 Å². The Kier molecular flexibility index (Phi) is 8.39. The van der Waals surface area contributed by atoms with Crippen molar-refractivity contribution in [3.05, 3.63) is 83.9 Å². The monoisotopic (exact) mass is 461 g/mol. The van der Waals surface area contributed by atoms with Crippen LogP contribution in [-0.4, -0.2) is 25.2 Å². The number of carbonyl (C=O) groups is 2. The minimum atomic E-state index is -0.329. The van der Waals surface area contributed by atoms with Crippen LogP contribution in [0.5, 0.6) is 17.2 Å². The number of carbonyl (C=O) groups excluding carboxylic acids is 2. The molecule has 0 bridgehead atoms. The van der Waals surface area contributed by atoms with Crippen molar-refractivity contribution in [1.29, 1.82) is 0 Å². The second-order valence-electron chi connectivity index (χ2n) is 6.80. The maximum absolute atomic E-state index is 12.5. The molecule has 0 fully saturated rings. The van der Waals surface area contributed by atoms with Crippen LogP contribution >= 0.6 is 11.8 Å². The highest BCUT2D eigenvalue weighted by molar-refractivity contribution is 8.13. The third-order valence-corrected chi connectivity index (χ3v) is 5.26. The van der Waals surface area contributed by atoms with Gasteiger partial charge in [0.25, 0.3) is 0 Å². The van der Waals surface area contributed by atoms with Gasteiger partial charge in [0.05, 0.1) is 24.8 Å². The van der Waals surface area contributed by atoms with E-state index in [0.717, 1.165) is 22.9 Å². The number of hydrogen-bond acceptors (Lipinski definition) is 6. The molecule has 1 N–H and O–H groups in total. The summed E-state index contributed by atoms with van der Waals surface area (Å²) in [6.45, 7) is 1.73. The van der Waals surface area contributed by atoms with Crippen LogP contribution in [-0.2, 0) is 16.2 Å². The lowest BCUT2D eigenvalue weighted by Gasteiger charge is -2.10. The molecule has 1 amide bonds. The molecule has 0 aliphatic carbocycles. The third-order valence-electron chi connectivity index (χ3n) is 4.44. The molecule has 0 aliphatic heterocycles. The van der Waals surface area contributed by atoms with E-state index in [4.69, 9.17) is 14.2 Å². The molecule has 0 heterocycles. The van der Waals surface area contributed by atoms with E-state index in [2.05, 4.69) is 17.4 Å². The molecule has 0 spiro atoms. The predicted octanol–water partition coefficient (Wildman–Crippen LogP) is 5.17. The Labute approximate surface area is 197 Å². The first-order chi connectivity index (χ1) is 16.0. The standard InChI is InChI=1S/C26H23NO5S/c1-18(28)33-25-15-19(11-13-24(25)31-3)12-14-26(29)27-23-10-5-4-7-20(23)17-32-22-9-6-8-21(16-22)30-2/h4,6-9,11-16H,17H2,1-3H3,(H,27,29)/b14-12+. The highest BCUT2D eigenvalue weighted by Crippen LogP contribution is 2.31. The second-order valence-corrected chi connectivity index (χ2v) is 8.02. The van der Waals surface area contributed by atoms with Crippen molar-refractivity contribution in [2.24, 2.45) is 0 Å². The van der Waals surface area contributed by atoms with E-state index >= 15 is 0 Å². The van der Waals surface area contributed by atoms with Gasteiger partial charge in [-0.05, 0) is 65.9 Å². The second kappa shape index (κ2) is 11.7. The van der Waals surface area contributed by atoms with Gasteiger partial charge in [0.15, 0.2) is 5.12 Å². The van der Waals surface area contributed by atoms with Crippen molar-refractivity contribution in [3.63, 3.8) is 0 Å². The molecule has 0 aromatic heterocycles. The largest absolute Gasteiger partial charge is 0.497 e. The number of hydrogen-bond donors (Lipinski definition) is 1. The van der Waals surface area contributed by atoms with Crippen molar-refractivity contribution in [3.8, 4) is 17.2 Å². The molecule has 3 aromatic carbocycles. The van der Waals surface area contributed by atoms with Gasteiger partial charge in [-0.25, -0.2) is 0 Å². The van der Waals surface area contributed by atoms with Gasteiger partial charge < -0.3 is 19.5 Å². The van der Waals surface area contributed by atoms with Crippen molar-refractivity contribution >= 4 is 34.5 Å². The summed E-state index contributed by atoms with van der Waals surface area (Å²) in [5.74, 6) is 1.62. The van der Waals surface area contributed by atoms with Crippen molar-refractivity contribution in [1.82, 2.24) is 0 Å². The third kappa shape index (κ3) is 7.06. The van der Waals surface area contributed by atoms with E-state index in [9.17, 15) is 9.59 Å². The molecule has 0 saturated heterocycles. The van der Waals surface area contributed by atoms with Gasteiger partial charge in [0.2, 0.25) is 5.91 Å². The lowest BCUT2D eigenvalue weighted by Crippen LogP contribution is -2.10. The molecule has 3 aromatic rings. The van der Waals surface area contributed by atoms with Crippen LogP contribution in [0.3, 0.4) is 0 Å². The Morgan fingerprint density at radius 2 is 1.88 bits per heavy atom. The quantitative estimate of drug-likeness (QED) is 0.350. The molecule has 6 nitrogen and oxygen atoms in total. The normalized spacial score (nSPS) is 10.4. The molecule has 33 heavy (non-hydrogen) atoms. The van der Waals surface area contributed by atoms with E-state index < -0.39 is 0 Å². The lowest BCUT2D eigenvalue weighted by molar-refractivity contribution is -0.112.